The normalized spacial score (nSPS) is 20.6. The van der Waals surface area contributed by atoms with Crippen molar-refractivity contribution in [2.24, 2.45) is 5.73 Å². The molecule has 1 fully saturated rings. The third-order valence-corrected chi connectivity index (χ3v) is 6.35. The zero-order valence-corrected chi connectivity index (χ0v) is 18.1. The number of rotatable bonds is 5. The molecule has 2 aromatic rings. The van der Waals surface area contributed by atoms with Crippen LogP contribution in [0.25, 0.3) is 0 Å². The molecular weight excluding hydrogens is 420 g/mol. The number of carbonyl (C=O) groups is 2. The van der Waals surface area contributed by atoms with E-state index in [1.807, 2.05) is 79.7 Å². The topological polar surface area (TPSA) is 72.6 Å². The minimum atomic E-state index is -0.575. The van der Waals surface area contributed by atoms with E-state index in [1.165, 1.54) is 4.90 Å². The number of esters is 1. The third kappa shape index (κ3) is 4.03. The Morgan fingerprint density at radius 3 is 2.23 bits per heavy atom. The number of allylic oxidation sites excluding steroid dienone is 2. The zero-order valence-electron chi connectivity index (χ0n) is 16.4. The van der Waals surface area contributed by atoms with Gasteiger partial charge in [0.15, 0.2) is 6.10 Å². The summed E-state index contributed by atoms with van der Waals surface area (Å²) in [4.78, 5) is 27.2. The molecule has 30 heavy (non-hydrogen) atoms. The largest absolute Gasteiger partial charge is 0.448 e. The zero-order chi connectivity index (χ0) is 20.4. The molecule has 0 spiro atoms. The van der Waals surface area contributed by atoms with Crippen molar-refractivity contribution in [2.75, 3.05) is 5.75 Å². The number of hydrogen-bond acceptors (Lipinski definition) is 5. The smallest absolute Gasteiger partial charge is 0.356 e. The fraction of sp³-hybridized carbons (Fsp3) is 0.217. The number of carbonyl (C=O) groups excluding carboxylic acids is 2. The fourth-order valence-corrected chi connectivity index (χ4v) is 4.87. The van der Waals surface area contributed by atoms with Gasteiger partial charge in [0, 0.05) is 5.75 Å². The number of fused-ring (bicyclic) bond motifs is 1. The minimum Gasteiger partial charge on any atom is -0.448 e. The van der Waals surface area contributed by atoms with Gasteiger partial charge in [-0.3, -0.25) is 9.69 Å². The van der Waals surface area contributed by atoms with Crippen LogP contribution in [-0.2, 0) is 14.3 Å². The number of halogens is 1. The molecule has 156 valence electrons. The number of hydrogen-bond donors (Lipinski definition) is 1. The first-order valence-corrected chi connectivity index (χ1v) is 10.5. The number of β-lactam (4-membered cyclic amide) rings is 1. The van der Waals surface area contributed by atoms with Gasteiger partial charge >= 0.3 is 5.97 Å². The molecule has 0 radical (unpaired) electrons. The Morgan fingerprint density at radius 2 is 1.70 bits per heavy atom. The Labute approximate surface area is 186 Å². The van der Waals surface area contributed by atoms with Crippen LogP contribution >= 0.6 is 24.2 Å². The van der Waals surface area contributed by atoms with E-state index in [9.17, 15) is 9.59 Å². The molecule has 2 aromatic carbocycles. The number of benzene rings is 2. The standard InChI is InChI=1S/C23H22N2O3S.ClH/c1-2-9-17-14-29-22-18(24)21(26)25(22)19(17)23(27)28-20(15-10-5-3-6-11-15)16-12-7-4-8-13-16;/h2-13,18,20,22H,14,24H2,1H3;1H/b9-2-;/t18-,22+;/m1./s1. The van der Waals surface area contributed by atoms with E-state index in [-0.39, 0.29) is 23.7 Å². The van der Waals surface area contributed by atoms with E-state index in [4.69, 9.17) is 10.5 Å². The van der Waals surface area contributed by atoms with Crippen LogP contribution in [0.15, 0.2) is 84.1 Å². The number of ether oxygens (including phenoxy) is 1. The summed E-state index contributed by atoms with van der Waals surface area (Å²) >= 11 is 1.57. The molecule has 2 N–H and O–H groups in total. The van der Waals surface area contributed by atoms with Crippen molar-refractivity contribution in [1.29, 1.82) is 0 Å². The van der Waals surface area contributed by atoms with E-state index in [2.05, 4.69) is 0 Å². The molecule has 2 aliphatic heterocycles. The van der Waals surface area contributed by atoms with Crippen molar-refractivity contribution in [3.05, 3.63) is 95.2 Å². The van der Waals surface area contributed by atoms with Crippen LogP contribution in [0.4, 0.5) is 0 Å². The summed E-state index contributed by atoms with van der Waals surface area (Å²) in [5.41, 5.74) is 8.75. The molecule has 0 aliphatic carbocycles. The number of nitrogens with zero attached hydrogens (tertiary/aromatic N) is 1. The minimum absolute atomic E-state index is 0. The second-order valence-electron chi connectivity index (χ2n) is 6.92. The molecule has 1 amide bonds. The maximum absolute atomic E-state index is 13.3. The molecule has 4 rings (SSSR count). The van der Waals surface area contributed by atoms with Crippen molar-refractivity contribution >= 4 is 36.0 Å². The summed E-state index contributed by atoms with van der Waals surface area (Å²) in [5, 5.41) is -0.217. The quantitative estimate of drug-likeness (QED) is 0.563. The molecule has 1 saturated heterocycles. The Hall–Kier alpha value is -2.54. The van der Waals surface area contributed by atoms with E-state index in [1.54, 1.807) is 11.8 Å². The lowest BCUT2D eigenvalue weighted by Crippen LogP contribution is -2.68. The van der Waals surface area contributed by atoms with Gasteiger partial charge < -0.3 is 10.5 Å². The van der Waals surface area contributed by atoms with Gasteiger partial charge in [-0.2, -0.15) is 0 Å². The summed E-state index contributed by atoms with van der Waals surface area (Å²) in [7, 11) is 0. The van der Waals surface area contributed by atoms with E-state index in [0.29, 0.717) is 11.4 Å². The first-order valence-electron chi connectivity index (χ1n) is 9.48. The van der Waals surface area contributed by atoms with Gasteiger partial charge in [0.1, 0.15) is 17.1 Å². The van der Waals surface area contributed by atoms with Crippen LogP contribution in [0.3, 0.4) is 0 Å². The fourth-order valence-electron chi connectivity index (χ4n) is 3.61. The Morgan fingerprint density at radius 1 is 1.13 bits per heavy atom. The Kier molecular flexibility index (Phi) is 7.02. The van der Waals surface area contributed by atoms with Gasteiger partial charge in [-0.1, -0.05) is 72.8 Å². The van der Waals surface area contributed by atoms with Crippen molar-refractivity contribution in [1.82, 2.24) is 4.90 Å². The highest BCUT2D eigenvalue weighted by atomic mass is 35.5. The monoisotopic (exact) mass is 442 g/mol. The summed E-state index contributed by atoms with van der Waals surface area (Å²) in [6.07, 6.45) is 3.15. The van der Waals surface area contributed by atoms with Crippen LogP contribution in [-0.4, -0.2) is 33.9 Å². The second-order valence-corrected chi connectivity index (χ2v) is 8.02. The van der Waals surface area contributed by atoms with Crippen LogP contribution < -0.4 is 5.73 Å². The summed E-state index contributed by atoms with van der Waals surface area (Å²) in [6, 6.07) is 18.6. The number of nitrogens with two attached hydrogens (primary N) is 1. The van der Waals surface area contributed by atoms with Crippen molar-refractivity contribution in [3.8, 4) is 0 Å². The lowest BCUT2D eigenvalue weighted by molar-refractivity contribution is -0.153. The first kappa shape index (κ1) is 22.2. The first-order chi connectivity index (χ1) is 14.1. The summed E-state index contributed by atoms with van der Waals surface area (Å²) in [6.45, 7) is 1.88. The number of thioether (sulfide) groups is 1. The van der Waals surface area contributed by atoms with Crippen LogP contribution in [0.2, 0.25) is 0 Å². The predicted molar refractivity (Wildman–Crippen MR) is 121 cm³/mol. The molecule has 2 heterocycles. The lowest BCUT2D eigenvalue weighted by Gasteiger charge is -2.48. The highest BCUT2D eigenvalue weighted by Gasteiger charge is 2.52. The summed E-state index contributed by atoms with van der Waals surface area (Å²) < 4.78 is 6.00. The van der Waals surface area contributed by atoms with Gasteiger partial charge in [-0.05, 0) is 23.6 Å². The van der Waals surface area contributed by atoms with Crippen LogP contribution in [0, 0.1) is 0 Å². The molecular formula is C23H23ClN2O3S. The third-order valence-electron chi connectivity index (χ3n) is 5.03. The van der Waals surface area contributed by atoms with E-state index < -0.39 is 18.1 Å². The molecule has 5 nitrogen and oxygen atoms in total. The van der Waals surface area contributed by atoms with Crippen molar-refractivity contribution in [2.45, 2.75) is 24.4 Å². The van der Waals surface area contributed by atoms with Gasteiger partial charge in [-0.15, -0.1) is 24.2 Å². The molecule has 0 saturated carbocycles. The van der Waals surface area contributed by atoms with Gasteiger partial charge in [0.2, 0.25) is 5.91 Å². The molecule has 2 aliphatic rings. The second kappa shape index (κ2) is 9.51. The maximum atomic E-state index is 13.3. The van der Waals surface area contributed by atoms with E-state index >= 15 is 0 Å². The Balaban J connectivity index is 0.00000256. The van der Waals surface area contributed by atoms with Crippen LogP contribution in [0.5, 0.6) is 0 Å². The average Bonchev–Trinajstić information content (AvgIpc) is 2.77. The van der Waals surface area contributed by atoms with Crippen LogP contribution in [0.1, 0.15) is 24.2 Å². The van der Waals surface area contributed by atoms with Gasteiger partial charge in [0.05, 0.1) is 0 Å². The molecule has 2 atom stereocenters. The van der Waals surface area contributed by atoms with Gasteiger partial charge in [-0.25, -0.2) is 4.79 Å². The van der Waals surface area contributed by atoms with Crippen molar-refractivity contribution in [3.63, 3.8) is 0 Å². The Bertz CT molecular complexity index is 939. The highest BCUT2D eigenvalue weighted by molar-refractivity contribution is 8.00. The van der Waals surface area contributed by atoms with Gasteiger partial charge in [0.25, 0.3) is 0 Å². The SMILES string of the molecule is C/C=C\C1=C(C(=O)OC(c2ccccc2)c2ccccc2)N2C(=O)[C@@H](N)[C@@H]2SC1.Cl. The predicted octanol–water partition coefficient (Wildman–Crippen LogP) is 3.81. The molecule has 7 heteroatoms. The average molecular weight is 443 g/mol. The lowest BCUT2D eigenvalue weighted by atomic mass is 10.0. The highest BCUT2D eigenvalue weighted by Crippen LogP contribution is 2.41. The van der Waals surface area contributed by atoms with Crippen molar-refractivity contribution < 1.29 is 14.3 Å². The molecule has 0 aromatic heterocycles. The number of amides is 1. The summed E-state index contributed by atoms with van der Waals surface area (Å²) in [5.74, 6) is -0.147. The maximum Gasteiger partial charge on any atom is 0.356 e. The molecule has 0 unspecified atom stereocenters. The molecule has 0 bridgehead atoms. The van der Waals surface area contributed by atoms with E-state index in [0.717, 1.165) is 16.7 Å².